The number of allylic oxidation sites excluding steroid dienone is 4. The molecule has 0 aliphatic heterocycles. The molecule has 13 heavy (non-hydrogen) atoms. The molecule has 1 radical (unpaired) electrons. The maximum atomic E-state index is 4.93. The molecule has 0 aromatic heterocycles. The van der Waals surface area contributed by atoms with E-state index in [9.17, 15) is 0 Å². The number of rotatable bonds is 0. The Bertz CT molecular complexity index is 217. The van der Waals surface area contributed by atoms with Crippen LogP contribution in [0.5, 0.6) is 0 Å². The fraction of sp³-hybridized carbons (Fsp3) is 0.500. The van der Waals surface area contributed by atoms with Crippen LogP contribution in [0.15, 0.2) is 22.3 Å². The Balaban J connectivity index is 0.000000424. The number of hydrogen-bond donors (Lipinski definition) is 0. The minimum absolute atomic E-state index is 0.826. The van der Waals surface area contributed by atoms with Gasteiger partial charge in [0, 0.05) is 5.92 Å². The summed E-state index contributed by atoms with van der Waals surface area (Å²) < 4.78 is 0. The van der Waals surface area contributed by atoms with Gasteiger partial charge in [-0.15, -0.1) is 0 Å². The summed E-state index contributed by atoms with van der Waals surface area (Å²) in [7, 11) is 9.87. The SMILES string of the molecule is C[C]1C(C)=C(C)C(C)=C1C.[Cl][Zr][Cl]. The molecule has 1 aliphatic rings. The van der Waals surface area contributed by atoms with Crippen molar-refractivity contribution in [1.29, 1.82) is 0 Å². The molecule has 0 aromatic rings. The van der Waals surface area contributed by atoms with Crippen LogP contribution in [-0.2, 0) is 20.8 Å². The molecule has 0 saturated carbocycles. The van der Waals surface area contributed by atoms with Gasteiger partial charge in [-0.3, -0.25) is 0 Å². The van der Waals surface area contributed by atoms with Crippen molar-refractivity contribution in [3.8, 4) is 0 Å². The molecule has 73 valence electrons. The molecule has 1 aliphatic carbocycles. The summed E-state index contributed by atoms with van der Waals surface area (Å²) in [4.78, 5) is 0. The Hall–Kier alpha value is 0.943. The Kier molecular flexibility index (Phi) is 6.90. The zero-order valence-corrected chi connectivity index (χ0v) is 12.7. The first-order valence-electron chi connectivity index (χ1n) is 4.13. The summed E-state index contributed by atoms with van der Waals surface area (Å²) in [5.41, 5.74) is 5.87. The van der Waals surface area contributed by atoms with Crippen LogP contribution < -0.4 is 0 Å². The van der Waals surface area contributed by atoms with Gasteiger partial charge in [0.05, 0.1) is 0 Å². The molecular formula is C10H15Cl2Zr. The summed E-state index contributed by atoms with van der Waals surface area (Å²) in [6, 6.07) is 0. The van der Waals surface area contributed by atoms with Crippen LogP contribution >= 0.6 is 17.0 Å². The molecule has 0 amide bonds. The second-order valence-electron chi connectivity index (χ2n) is 3.20. The third-order valence-corrected chi connectivity index (χ3v) is 2.81. The van der Waals surface area contributed by atoms with Crippen molar-refractivity contribution >= 4 is 17.0 Å². The first kappa shape index (κ1) is 13.9. The Labute approximate surface area is 100 Å². The summed E-state index contributed by atoms with van der Waals surface area (Å²) >= 11 is -0.826. The molecule has 0 fully saturated rings. The van der Waals surface area contributed by atoms with E-state index in [2.05, 4.69) is 34.6 Å². The van der Waals surface area contributed by atoms with Crippen molar-refractivity contribution in [3.05, 3.63) is 28.2 Å². The van der Waals surface area contributed by atoms with Crippen molar-refractivity contribution in [2.75, 3.05) is 0 Å². The molecule has 0 N–H and O–H groups in total. The first-order chi connectivity index (χ1) is 5.97. The quantitative estimate of drug-likeness (QED) is 0.611. The molecular weight excluding hydrogens is 282 g/mol. The van der Waals surface area contributed by atoms with E-state index in [1.165, 1.54) is 28.2 Å². The average Bonchev–Trinajstić information content (AvgIpc) is 2.25. The number of hydrogen-bond acceptors (Lipinski definition) is 0. The zero-order chi connectivity index (χ0) is 10.6. The second-order valence-corrected chi connectivity index (χ2v) is 6.93. The van der Waals surface area contributed by atoms with Gasteiger partial charge in [-0.2, -0.15) is 0 Å². The van der Waals surface area contributed by atoms with Crippen molar-refractivity contribution in [3.63, 3.8) is 0 Å². The summed E-state index contributed by atoms with van der Waals surface area (Å²) in [6.45, 7) is 11.0. The van der Waals surface area contributed by atoms with Gasteiger partial charge in [0.15, 0.2) is 0 Å². The minimum atomic E-state index is -0.826. The van der Waals surface area contributed by atoms with Crippen molar-refractivity contribution < 1.29 is 20.8 Å². The molecule has 0 atom stereocenters. The second kappa shape index (κ2) is 6.43. The molecule has 0 heterocycles. The van der Waals surface area contributed by atoms with Gasteiger partial charge < -0.3 is 0 Å². The fourth-order valence-electron chi connectivity index (χ4n) is 1.41. The van der Waals surface area contributed by atoms with E-state index in [1.807, 2.05) is 0 Å². The van der Waals surface area contributed by atoms with Gasteiger partial charge >= 0.3 is 37.9 Å². The first-order valence-corrected chi connectivity index (χ1v) is 10.5. The van der Waals surface area contributed by atoms with Crippen molar-refractivity contribution in [2.24, 2.45) is 0 Å². The summed E-state index contributed by atoms with van der Waals surface area (Å²) in [6.07, 6.45) is 0. The monoisotopic (exact) mass is 295 g/mol. The van der Waals surface area contributed by atoms with E-state index in [0.29, 0.717) is 0 Å². The summed E-state index contributed by atoms with van der Waals surface area (Å²) in [5, 5.41) is 0. The van der Waals surface area contributed by atoms with Gasteiger partial charge in [-0.25, -0.2) is 0 Å². The Morgan fingerprint density at radius 1 is 0.692 bits per heavy atom. The van der Waals surface area contributed by atoms with Gasteiger partial charge in [0.25, 0.3) is 0 Å². The standard InChI is InChI=1S/C10H15.2ClH.Zr/c1-6-7(2)9(4)10(5)8(6)3;;;/h1-5H3;2*1H;/q;;;+2/p-2. The van der Waals surface area contributed by atoms with Gasteiger partial charge in [-0.1, -0.05) is 18.1 Å². The van der Waals surface area contributed by atoms with E-state index in [-0.39, 0.29) is 0 Å². The van der Waals surface area contributed by atoms with Crippen molar-refractivity contribution in [1.82, 2.24) is 0 Å². The van der Waals surface area contributed by atoms with Crippen LogP contribution in [0, 0.1) is 5.92 Å². The molecule has 0 nitrogen and oxygen atoms in total. The van der Waals surface area contributed by atoms with E-state index < -0.39 is 20.8 Å². The Morgan fingerprint density at radius 3 is 1.00 bits per heavy atom. The summed E-state index contributed by atoms with van der Waals surface area (Å²) in [5.74, 6) is 1.47. The molecule has 0 unspecified atom stereocenters. The molecule has 0 aromatic carbocycles. The van der Waals surface area contributed by atoms with E-state index in [4.69, 9.17) is 17.0 Å². The molecule has 0 bridgehead atoms. The van der Waals surface area contributed by atoms with Crippen LogP contribution in [0.3, 0.4) is 0 Å². The normalized spacial score (nSPS) is 17.5. The number of halogens is 2. The van der Waals surface area contributed by atoms with Crippen molar-refractivity contribution in [2.45, 2.75) is 34.6 Å². The van der Waals surface area contributed by atoms with E-state index in [0.717, 1.165) is 0 Å². The fourth-order valence-corrected chi connectivity index (χ4v) is 1.41. The van der Waals surface area contributed by atoms with Crippen LogP contribution in [0.25, 0.3) is 0 Å². The van der Waals surface area contributed by atoms with E-state index >= 15 is 0 Å². The Morgan fingerprint density at radius 2 is 0.923 bits per heavy atom. The predicted molar refractivity (Wildman–Crippen MR) is 57.4 cm³/mol. The molecule has 3 heteroatoms. The third kappa shape index (κ3) is 3.53. The molecule has 1 rings (SSSR count). The van der Waals surface area contributed by atoms with Gasteiger partial charge in [0.2, 0.25) is 0 Å². The van der Waals surface area contributed by atoms with Crippen LogP contribution in [-0.4, -0.2) is 0 Å². The topological polar surface area (TPSA) is 0 Å². The molecule has 0 saturated heterocycles. The van der Waals surface area contributed by atoms with Crippen LogP contribution in [0.2, 0.25) is 0 Å². The van der Waals surface area contributed by atoms with Gasteiger partial charge in [-0.05, 0) is 38.8 Å². The maximum absolute atomic E-state index is 4.93. The molecule has 0 spiro atoms. The van der Waals surface area contributed by atoms with E-state index in [1.54, 1.807) is 0 Å². The van der Waals surface area contributed by atoms with Gasteiger partial charge in [0.1, 0.15) is 0 Å². The van der Waals surface area contributed by atoms with Crippen LogP contribution in [0.1, 0.15) is 34.6 Å². The average molecular weight is 297 g/mol. The zero-order valence-electron chi connectivity index (χ0n) is 8.76. The van der Waals surface area contributed by atoms with Crippen LogP contribution in [0.4, 0.5) is 0 Å². The third-order valence-electron chi connectivity index (χ3n) is 2.81. The predicted octanol–water partition coefficient (Wildman–Crippen LogP) is 4.64.